The molecule has 0 aromatic heterocycles. The Bertz CT molecular complexity index is 1120. The molecule has 1 heterocycles. The molecule has 0 spiro atoms. The van der Waals surface area contributed by atoms with Crippen LogP contribution < -0.4 is 5.32 Å². The van der Waals surface area contributed by atoms with Crippen molar-refractivity contribution in [2.24, 2.45) is 50.7 Å². The molecule has 8 atom stereocenters. The Kier molecular flexibility index (Phi) is 7.21. The Balaban J connectivity index is 1.34. The highest BCUT2D eigenvalue weighted by atomic mass is 16.3. The molecule has 1 aliphatic heterocycles. The largest absolute Gasteiger partial charge is 0.393 e. The van der Waals surface area contributed by atoms with Gasteiger partial charge in [0.15, 0.2) is 5.78 Å². The monoisotopic (exact) mass is 566 g/mol. The number of aliphatic hydroxyl groups excluding tert-OH is 1. The van der Waals surface area contributed by atoms with Gasteiger partial charge in [0.25, 0.3) is 0 Å². The molecule has 6 rings (SSSR count). The number of allylic oxidation sites excluding steroid dienone is 1. The third kappa shape index (κ3) is 4.06. The fourth-order valence-corrected chi connectivity index (χ4v) is 12.4. The predicted octanol–water partition coefficient (Wildman–Crippen LogP) is 6.54. The van der Waals surface area contributed by atoms with E-state index in [0.717, 1.165) is 57.3 Å². The smallest absolute Gasteiger partial charge is 0.230 e. The van der Waals surface area contributed by atoms with Crippen LogP contribution in [-0.2, 0) is 9.59 Å². The first-order chi connectivity index (χ1) is 19.2. The Morgan fingerprint density at radius 2 is 1.63 bits per heavy atom. The summed E-state index contributed by atoms with van der Waals surface area (Å²) >= 11 is 0. The van der Waals surface area contributed by atoms with Gasteiger partial charge >= 0.3 is 0 Å². The number of fused-ring (bicyclic) bond motifs is 7. The van der Waals surface area contributed by atoms with Gasteiger partial charge < -0.3 is 15.3 Å². The van der Waals surface area contributed by atoms with Crippen LogP contribution in [-0.4, -0.2) is 54.0 Å². The van der Waals surface area contributed by atoms with Crippen molar-refractivity contribution in [1.82, 2.24) is 10.2 Å². The molecule has 230 valence electrons. The molecule has 0 radical (unpaired) electrons. The number of carbonyl (C=O) groups is 2. The molecule has 6 aliphatic rings. The molecule has 4 saturated carbocycles. The van der Waals surface area contributed by atoms with Gasteiger partial charge in [0.2, 0.25) is 5.91 Å². The van der Waals surface area contributed by atoms with Gasteiger partial charge in [0.1, 0.15) is 0 Å². The van der Waals surface area contributed by atoms with Crippen molar-refractivity contribution in [3.05, 3.63) is 11.1 Å². The van der Waals surface area contributed by atoms with Gasteiger partial charge in [-0.1, -0.05) is 48.5 Å². The molecule has 2 N–H and O–H groups in total. The molecule has 0 aromatic rings. The molecule has 5 heteroatoms. The first kappa shape index (κ1) is 29.9. The first-order valence-corrected chi connectivity index (χ1v) is 17.2. The Morgan fingerprint density at radius 1 is 0.927 bits per heavy atom. The summed E-state index contributed by atoms with van der Waals surface area (Å²) in [5.74, 6) is 1.97. The lowest BCUT2D eigenvalue weighted by Gasteiger charge is -2.72. The number of likely N-dealkylation sites (tertiary alicyclic amines) is 1. The second-order valence-corrected chi connectivity index (χ2v) is 17.0. The number of hydrogen-bond donors (Lipinski definition) is 2. The van der Waals surface area contributed by atoms with Gasteiger partial charge in [-0.25, -0.2) is 0 Å². The van der Waals surface area contributed by atoms with E-state index in [4.69, 9.17) is 0 Å². The average molecular weight is 567 g/mol. The maximum absolute atomic E-state index is 14.2. The molecule has 0 bridgehead atoms. The molecule has 5 fully saturated rings. The van der Waals surface area contributed by atoms with E-state index < -0.39 is 5.41 Å². The van der Waals surface area contributed by atoms with Gasteiger partial charge in [0, 0.05) is 19.5 Å². The second-order valence-electron chi connectivity index (χ2n) is 17.0. The maximum Gasteiger partial charge on any atom is 0.230 e. The van der Waals surface area contributed by atoms with Crippen LogP contribution in [0.4, 0.5) is 0 Å². The zero-order valence-electron chi connectivity index (χ0n) is 27.2. The Hall–Kier alpha value is -1.20. The lowest BCUT2D eigenvalue weighted by Crippen LogP contribution is -2.66. The van der Waals surface area contributed by atoms with Crippen molar-refractivity contribution in [2.75, 3.05) is 26.2 Å². The highest BCUT2D eigenvalue weighted by molar-refractivity contribution is 6.06. The predicted molar refractivity (Wildman–Crippen MR) is 164 cm³/mol. The molecule has 1 saturated heterocycles. The van der Waals surface area contributed by atoms with Crippen LogP contribution in [0, 0.1) is 50.7 Å². The average Bonchev–Trinajstić information content (AvgIpc) is 3.53. The maximum atomic E-state index is 14.2. The molecule has 5 nitrogen and oxygen atoms in total. The number of nitrogens with one attached hydrogen (secondary N) is 1. The highest BCUT2D eigenvalue weighted by Gasteiger charge is 2.70. The minimum atomic E-state index is -0.646. The van der Waals surface area contributed by atoms with Crippen molar-refractivity contribution in [2.45, 2.75) is 125 Å². The lowest BCUT2D eigenvalue weighted by molar-refractivity contribution is -0.228. The fraction of sp³-hybridized carbons (Fsp3) is 0.889. The van der Waals surface area contributed by atoms with E-state index >= 15 is 0 Å². The normalized spacial score (nSPS) is 45.7. The van der Waals surface area contributed by atoms with Crippen molar-refractivity contribution < 1.29 is 14.7 Å². The number of rotatable bonds is 5. The van der Waals surface area contributed by atoms with Crippen LogP contribution in [0.25, 0.3) is 0 Å². The molecule has 0 unspecified atom stereocenters. The highest BCUT2D eigenvalue weighted by Crippen LogP contribution is 2.76. The van der Waals surface area contributed by atoms with Crippen molar-refractivity contribution >= 4 is 11.7 Å². The number of amides is 1. The van der Waals surface area contributed by atoms with E-state index in [9.17, 15) is 14.7 Å². The fourth-order valence-electron chi connectivity index (χ4n) is 12.4. The topological polar surface area (TPSA) is 69.6 Å². The molecular weight excluding hydrogens is 508 g/mol. The summed E-state index contributed by atoms with van der Waals surface area (Å²) in [5, 5.41) is 14.4. The lowest BCUT2D eigenvalue weighted by atomic mass is 9.33. The number of aliphatic hydroxyl groups is 1. The molecule has 1 amide bonds. The van der Waals surface area contributed by atoms with E-state index in [1.807, 2.05) is 0 Å². The zero-order chi connectivity index (χ0) is 29.6. The van der Waals surface area contributed by atoms with Gasteiger partial charge in [0.05, 0.1) is 11.5 Å². The van der Waals surface area contributed by atoms with Crippen LogP contribution in [0.15, 0.2) is 11.1 Å². The Labute approximate surface area is 249 Å². The van der Waals surface area contributed by atoms with Gasteiger partial charge in [-0.15, -0.1) is 0 Å². The van der Waals surface area contributed by atoms with Crippen LogP contribution in [0.1, 0.15) is 119 Å². The summed E-state index contributed by atoms with van der Waals surface area (Å²) in [6, 6.07) is 0. The van der Waals surface area contributed by atoms with Gasteiger partial charge in [-0.05, 0) is 134 Å². The summed E-state index contributed by atoms with van der Waals surface area (Å²) in [6.45, 7) is 20.6. The minimum absolute atomic E-state index is 0.0494. The number of carbonyl (C=O) groups excluding carboxylic acids is 2. The molecular formula is C36H58N2O3. The van der Waals surface area contributed by atoms with Crippen molar-refractivity contribution in [1.29, 1.82) is 0 Å². The summed E-state index contributed by atoms with van der Waals surface area (Å²) < 4.78 is 0. The SMILES string of the molecule is CC(C)C1=C2[C@H]3CC[C@@H]4[C@@]5(C)CC[C@H](O)C(C)(C)[C@@H]5CC[C@@]4(C)[C@]3(C)CC[C@@]2(C(=O)NCCN2CCCC2)CC1=O. The number of ketones is 1. The number of nitrogens with zero attached hydrogens (tertiary/aromatic N) is 1. The first-order valence-electron chi connectivity index (χ1n) is 17.2. The zero-order valence-corrected chi connectivity index (χ0v) is 27.2. The van der Waals surface area contributed by atoms with E-state index in [-0.39, 0.29) is 45.4 Å². The minimum Gasteiger partial charge on any atom is -0.393 e. The molecule has 41 heavy (non-hydrogen) atoms. The van der Waals surface area contributed by atoms with Crippen molar-refractivity contribution in [3.63, 3.8) is 0 Å². The second kappa shape index (κ2) is 9.91. The third-order valence-corrected chi connectivity index (χ3v) is 14.8. The number of hydrogen-bond acceptors (Lipinski definition) is 4. The standard InChI is InChI=1S/C36H58N2O3/c1-23(2)29-25(39)22-36(31(41)37-18-21-38-19-8-9-20-38)17-16-34(6)24(30(29)36)10-11-27-33(5)14-13-28(40)32(3,4)26(33)12-15-35(27,34)7/h23-24,26-28,40H,8-22H2,1-7H3,(H,37,41)/t24-,26+,27-,28+,33+,34-,35-,36-/m1/s1. The van der Waals surface area contributed by atoms with Crippen LogP contribution in [0.2, 0.25) is 0 Å². The van der Waals surface area contributed by atoms with Crippen LogP contribution in [0.3, 0.4) is 0 Å². The van der Waals surface area contributed by atoms with Crippen molar-refractivity contribution in [3.8, 4) is 0 Å². The quantitative estimate of drug-likeness (QED) is 0.396. The summed E-state index contributed by atoms with van der Waals surface area (Å²) in [5.41, 5.74) is 2.03. The summed E-state index contributed by atoms with van der Waals surface area (Å²) in [4.78, 5) is 30.5. The molecule has 5 aliphatic carbocycles. The van der Waals surface area contributed by atoms with Gasteiger partial charge in [-0.3, -0.25) is 9.59 Å². The van der Waals surface area contributed by atoms with Crippen LogP contribution >= 0.6 is 0 Å². The number of Topliss-reactive ketones (excluding diaryl/α,β-unsaturated/α-hetero) is 1. The summed E-state index contributed by atoms with van der Waals surface area (Å²) in [7, 11) is 0. The Morgan fingerprint density at radius 3 is 2.32 bits per heavy atom. The van der Waals surface area contributed by atoms with Crippen LogP contribution in [0.5, 0.6) is 0 Å². The molecule has 0 aromatic carbocycles. The van der Waals surface area contributed by atoms with E-state index in [1.165, 1.54) is 37.7 Å². The van der Waals surface area contributed by atoms with E-state index in [2.05, 4.69) is 58.7 Å². The van der Waals surface area contributed by atoms with Gasteiger partial charge in [-0.2, -0.15) is 0 Å². The third-order valence-electron chi connectivity index (χ3n) is 14.8. The van der Waals surface area contributed by atoms with E-state index in [0.29, 0.717) is 30.7 Å². The summed E-state index contributed by atoms with van der Waals surface area (Å²) in [6.07, 6.45) is 11.2. The van der Waals surface area contributed by atoms with E-state index in [1.54, 1.807) is 0 Å².